The first-order valence-corrected chi connectivity index (χ1v) is 9.45. The Morgan fingerprint density at radius 2 is 2.00 bits per heavy atom. The minimum Gasteiger partial charge on any atom is -0.380 e. The second kappa shape index (κ2) is 7.53. The molecule has 140 valence electrons. The van der Waals surface area contributed by atoms with Crippen LogP contribution >= 0.6 is 0 Å². The highest BCUT2D eigenvalue weighted by Crippen LogP contribution is 2.31. The van der Waals surface area contributed by atoms with E-state index in [1.165, 1.54) is 17.5 Å². The number of carbonyl (C=O) groups is 2. The van der Waals surface area contributed by atoms with Crippen LogP contribution in [0.2, 0.25) is 0 Å². The predicted molar refractivity (Wildman–Crippen MR) is 105 cm³/mol. The molecule has 1 atom stereocenters. The van der Waals surface area contributed by atoms with Gasteiger partial charge in [-0.3, -0.25) is 9.59 Å². The van der Waals surface area contributed by atoms with Gasteiger partial charge in [0.05, 0.1) is 12.5 Å². The van der Waals surface area contributed by atoms with Crippen LogP contribution in [-0.2, 0) is 33.8 Å². The lowest BCUT2D eigenvalue weighted by Crippen LogP contribution is -2.28. The molecule has 2 aliphatic rings. The van der Waals surface area contributed by atoms with Gasteiger partial charge in [0.2, 0.25) is 11.8 Å². The molecule has 0 bridgehead atoms. The highest BCUT2D eigenvalue weighted by Gasteiger charge is 2.35. The van der Waals surface area contributed by atoms with Crippen LogP contribution in [0.5, 0.6) is 0 Å². The molecule has 0 aromatic heterocycles. The lowest BCUT2D eigenvalue weighted by molar-refractivity contribution is -0.122. The van der Waals surface area contributed by atoms with Crippen LogP contribution in [0, 0.1) is 5.92 Å². The molecule has 0 radical (unpaired) electrons. The van der Waals surface area contributed by atoms with Gasteiger partial charge in [-0.1, -0.05) is 24.3 Å². The van der Waals surface area contributed by atoms with Crippen molar-refractivity contribution in [2.75, 3.05) is 23.9 Å². The number of hydrogen-bond acceptors (Lipinski definition) is 3. The van der Waals surface area contributed by atoms with E-state index in [4.69, 9.17) is 4.74 Å². The van der Waals surface area contributed by atoms with Crippen molar-refractivity contribution in [2.24, 2.45) is 5.92 Å². The molecule has 5 heteroatoms. The second-order valence-corrected chi connectivity index (χ2v) is 7.29. The molecule has 1 N–H and O–H groups in total. The molecule has 0 spiro atoms. The summed E-state index contributed by atoms with van der Waals surface area (Å²) in [7, 11) is 1.63. The van der Waals surface area contributed by atoms with Crippen LogP contribution in [0.3, 0.4) is 0 Å². The summed E-state index contributed by atoms with van der Waals surface area (Å²) in [5.74, 6) is -0.449. The highest BCUT2D eigenvalue weighted by atomic mass is 16.5. The maximum atomic E-state index is 12.8. The number of benzene rings is 2. The van der Waals surface area contributed by atoms with Crippen LogP contribution in [-0.4, -0.2) is 25.5 Å². The Hall–Kier alpha value is -2.66. The molecule has 1 aliphatic carbocycles. The molecule has 0 saturated carbocycles. The number of aryl methyl sites for hydroxylation is 2. The number of hydrogen-bond donors (Lipinski definition) is 1. The van der Waals surface area contributed by atoms with Crippen molar-refractivity contribution in [1.82, 2.24) is 0 Å². The van der Waals surface area contributed by atoms with E-state index >= 15 is 0 Å². The Balaban J connectivity index is 1.47. The Morgan fingerprint density at radius 1 is 1.19 bits per heavy atom. The molecule has 2 aromatic rings. The monoisotopic (exact) mass is 364 g/mol. The molecule has 1 fully saturated rings. The van der Waals surface area contributed by atoms with E-state index in [1.54, 1.807) is 12.0 Å². The standard InChI is InChI=1S/C22H24N2O3/c1-27-14-17-5-2-3-8-20(17)23-22(26)18-12-21(25)24(13-18)19-10-9-15-6-4-7-16(15)11-19/h2-3,5,8-11,18H,4,6-7,12-14H2,1H3,(H,23,26). The highest BCUT2D eigenvalue weighted by molar-refractivity contribution is 6.03. The molecule has 2 aromatic carbocycles. The van der Waals surface area contributed by atoms with E-state index in [0.29, 0.717) is 13.2 Å². The molecular weight excluding hydrogens is 340 g/mol. The number of ether oxygens (including phenoxy) is 1. The summed E-state index contributed by atoms with van der Waals surface area (Å²) in [6.45, 7) is 0.858. The first-order valence-electron chi connectivity index (χ1n) is 9.45. The number of nitrogens with zero attached hydrogens (tertiary/aromatic N) is 1. The number of para-hydroxylation sites is 1. The SMILES string of the molecule is COCc1ccccc1NC(=O)C1CC(=O)N(c2ccc3c(c2)CCC3)C1. The van der Waals surface area contributed by atoms with Crippen LogP contribution < -0.4 is 10.2 Å². The van der Waals surface area contributed by atoms with Gasteiger partial charge in [-0.25, -0.2) is 0 Å². The third-order valence-corrected chi connectivity index (χ3v) is 5.46. The third-order valence-electron chi connectivity index (χ3n) is 5.46. The van der Waals surface area contributed by atoms with E-state index in [9.17, 15) is 9.59 Å². The summed E-state index contributed by atoms with van der Waals surface area (Å²) in [6.07, 6.45) is 3.62. The normalized spacial score (nSPS) is 18.6. The maximum Gasteiger partial charge on any atom is 0.229 e. The largest absolute Gasteiger partial charge is 0.380 e. The summed E-state index contributed by atoms with van der Waals surface area (Å²) in [5, 5.41) is 2.97. The van der Waals surface area contributed by atoms with Gasteiger partial charge in [0, 0.05) is 37.0 Å². The number of amides is 2. The average Bonchev–Trinajstić information content (AvgIpc) is 3.29. The van der Waals surface area contributed by atoms with E-state index in [1.807, 2.05) is 30.3 Å². The average molecular weight is 364 g/mol. The summed E-state index contributed by atoms with van der Waals surface area (Å²) < 4.78 is 5.19. The van der Waals surface area contributed by atoms with Gasteiger partial charge in [-0.05, 0) is 48.6 Å². The first kappa shape index (κ1) is 17.7. The number of rotatable bonds is 5. The lowest BCUT2D eigenvalue weighted by atomic mass is 10.1. The molecule has 1 saturated heterocycles. The van der Waals surface area contributed by atoms with Crippen molar-refractivity contribution in [3.63, 3.8) is 0 Å². The Labute approximate surface area is 159 Å². The quantitative estimate of drug-likeness (QED) is 0.885. The van der Waals surface area contributed by atoms with Crippen molar-refractivity contribution in [1.29, 1.82) is 0 Å². The van der Waals surface area contributed by atoms with Gasteiger partial charge >= 0.3 is 0 Å². The summed E-state index contributed by atoms with van der Waals surface area (Å²) in [6, 6.07) is 13.8. The van der Waals surface area contributed by atoms with Crippen LogP contribution in [0.4, 0.5) is 11.4 Å². The fraction of sp³-hybridized carbons (Fsp3) is 0.364. The Morgan fingerprint density at radius 3 is 2.85 bits per heavy atom. The fourth-order valence-corrected chi connectivity index (χ4v) is 4.02. The van der Waals surface area contributed by atoms with Gasteiger partial charge in [0.25, 0.3) is 0 Å². The number of carbonyl (C=O) groups excluding carboxylic acids is 2. The van der Waals surface area contributed by atoms with Gasteiger partial charge in [-0.15, -0.1) is 0 Å². The van der Waals surface area contributed by atoms with Gasteiger partial charge in [-0.2, -0.15) is 0 Å². The van der Waals surface area contributed by atoms with Crippen molar-refractivity contribution in [3.8, 4) is 0 Å². The minimum atomic E-state index is -0.346. The van der Waals surface area contributed by atoms with Crippen molar-refractivity contribution < 1.29 is 14.3 Å². The van der Waals surface area contributed by atoms with Gasteiger partial charge < -0.3 is 15.0 Å². The zero-order valence-electron chi connectivity index (χ0n) is 15.5. The molecule has 1 unspecified atom stereocenters. The molecule has 4 rings (SSSR count). The van der Waals surface area contributed by atoms with E-state index in [2.05, 4.69) is 17.4 Å². The van der Waals surface area contributed by atoms with Crippen LogP contribution in [0.1, 0.15) is 29.5 Å². The minimum absolute atomic E-state index is 0.0123. The van der Waals surface area contributed by atoms with Crippen molar-refractivity contribution in [3.05, 3.63) is 59.2 Å². The molecular formula is C22H24N2O3. The van der Waals surface area contributed by atoms with E-state index in [0.717, 1.165) is 29.8 Å². The Bertz CT molecular complexity index is 878. The lowest BCUT2D eigenvalue weighted by Gasteiger charge is -2.18. The third kappa shape index (κ3) is 3.60. The summed E-state index contributed by atoms with van der Waals surface area (Å²) in [5.41, 5.74) is 5.30. The molecule has 1 heterocycles. The van der Waals surface area contributed by atoms with Crippen molar-refractivity contribution in [2.45, 2.75) is 32.3 Å². The number of anilines is 2. The number of methoxy groups -OCH3 is 1. The second-order valence-electron chi connectivity index (χ2n) is 7.29. The molecule has 5 nitrogen and oxygen atoms in total. The van der Waals surface area contributed by atoms with Crippen LogP contribution in [0.25, 0.3) is 0 Å². The maximum absolute atomic E-state index is 12.8. The number of nitrogens with one attached hydrogen (secondary N) is 1. The van der Waals surface area contributed by atoms with Gasteiger partial charge in [0.1, 0.15) is 0 Å². The van der Waals surface area contributed by atoms with E-state index in [-0.39, 0.29) is 24.2 Å². The zero-order valence-corrected chi connectivity index (χ0v) is 15.5. The first-order chi connectivity index (χ1) is 13.2. The van der Waals surface area contributed by atoms with E-state index < -0.39 is 0 Å². The molecule has 2 amide bonds. The Kier molecular flexibility index (Phi) is 4.94. The molecule has 1 aliphatic heterocycles. The van der Waals surface area contributed by atoms with Gasteiger partial charge in [0.15, 0.2) is 0 Å². The smallest absolute Gasteiger partial charge is 0.229 e. The van der Waals surface area contributed by atoms with Crippen LogP contribution in [0.15, 0.2) is 42.5 Å². The fourth-order valence-electron chi connectivity index (χ4n) is 4.02. The topological polar surface area (TPSA) is 58.6 Å². The van der Waals surface area contributed by atoms with Crippen molar-refractivity contribution >= 4 is 23.2 Å². The number of fused-ring (bicyclic) bond motifs is 1. The summed E-state index contributed by atoms with van der Waals surface area (Å²) >= 11 is 0. The molecule has 27 heavy (non-hydrogen) atoms. The predicted octanol–water partition coefficient (Wildman–Crippen LogP) is 3.31. The zero-order chi connectivity index (χ0) is 18.8. The summed E-state index contributed by atoms with van der Waals surface area (Å²) in [4.78, 5) is 27.0.